The molecular formula is C13H20O. The van der Waals surface area contributed by atoms with Crippen LogP contribution in [0.2, 0.25) is 0 Å². The van der Waals surface area contributed by atoms with Crippen LogP contribution in [-0.2, 0) is 11.2 Å². The summed E-state index contributed by atoms with van der Waals surface area (Å²) in [4.78, 5) is 8.81. The normalized spacial score (nSPS) is 8.71. The van der Waals surface area contributed by atoms with E-state index in [1.165, 1.54) is 38.2 Å². The first-order chi connectivity index (χ1) is 6.85. The Morgan fingerprint density at radius 1 is 1.14 bits per heavy atom. The Morgan fingerprint density at radius 2 is 1.71 bits per heavy atom. The number of hydrogen-bond acceptors (Lipinski definition) is 1. The lowest BCUT2D eigenvalue weighted by Gasteiger charge is -1.98. The highest BCUT2D eigenvalue weighted by Gasteiger charge is 1.89. The molecule has 0 saturated heterocycles. The van der Waals surface area contributed by atoms with E-state index in [0.717, 1.165) is 6.29 Å². The summed E-state index contributed by atoms with van der Waals surface area (Å²) in [6.07, 6.45) is 6.00. The minimum Gasteiger partial charge on any atom is -0.304 e. The summed E-state index contributed by atoms with van der Waals surface area (Å²) in [5.74, 6) is 0. The highest BCUT2D eigenvalue weighted by Crippen LogP contribution is 2.05. The molecule has 1 aromatic rings. The highest BCUT2D eigenvalue weighted by atomic mass is 16.1. The number of benzene rings is 1. The van der Waals surface area contributed by atoms with Gasteiger partial charge in [-0.05, 0) is 25.3 Å². The van der Waals surface area contributed by atoms with Gasteiger partial charge in [-0.25, -0.2) is 0 Å². The SMILES string of the molecule is CC=O.CCCCCc1ccccc1. The molecule has 1 heteroatoms. The van der Waals surface area contributed by atoms with Gasteiger partial charge < -0.3 is 4.79 Å². The van der Waals surface area contributed by atoms with Crippen molar-refractivity contribution in [3.8, 4) is 0 Å². The van der Waals surface area contributed by atoms with Crippen LogP contribution in [0, 0.1) is 0 Å². The van der Waals surface area contributed by atoms with Crippen LogP contribution in [0.15, 0.2) is 30.3 Å². The van der Waals surface area contributed by atoms with E-state index in [1.807, 2.05) is 0 Å². The van der Waals surface area contributed by atoms with Crippen LogP contribution in [0.1, 0.15) is 38.7 Å². The van der Waals surface area contributed by atoms with Crippen molar-refractivity contribution in [2.75, 3.05) is 0 Å². The van der Waals surface area contributed by atoms with Crippen molar-refractivity contribution in [3.63, 3.8) is 0 Å². The van der Waals surface area contributed by atoms with Gasteiger partial charge in [0.1, 0.15) is 6.29 Å². The number of aryl methyl sites for hydroxylation is 1. The number of aldehydes is 1. The molecule has 1 nitrogen and oxygen atoms in total. The molecule has 0 bridgehead atoms. The number of hydrogen-bond donors (Lipinski definition) is 0. The van der Waals surface area contributed by atoms with Crippen molar-refractivity contribution >= 4 is 6.29 Å². The van der Waals surface area contributed by atoms with E-state index >= 15 is 0 Å². The lowest BCUT2D eigenvalue weighted by atomic mass is 10.1. The lowest BCUT2D eigenvalue weighted by molar-refractivity contribution is -0.106. The molecule has 0 amide bonds. The molecule has 0 radical (unpaired) electrons. The fourth-order valence-electron chi connectivity index (χ4n) is 1.22. The van der Waals surface area contributed by atoms with E-state index in [4.69, 9.17) is 4.79 Å². The van der Waals surface area contributed by atoms with Crippen molar-refractivity contribution in [2.45, 2.75) is 39.5 Å². The summed E-state index contributed by atoms with van der Waals surface area (Å²) in [6.45, 7) is 3.69. The van der Waals surface area contributed by atoms with Crippen LogP contribution < -0.4 is 0 Å². The number of unbranched alkanes of at least 4 members (excludes halogenated alkanes) is 2. The summed E-state index contributed by atoms with van der Waals surface area (Å²) < 4.78 is 0. The minimum absolute atomic E-state index is 0.750. The van der Waals surface area contributed by atoms with Crippen LogP contribution in [0.25, 0.3) is 0 Å². The standard InChI is InChI=1S/C11H16.C2H4O/c1-2-3-5-8-11-9-6-4-7-10-11;1-2-3/h4,6-7,9-10H,2-3,5,8H2,1H3;2H,1H3. The first kappa shape index (κ1) is 12.9. The molecule has 0 unspecified atom stereocenters. The fourth-order valence-corrected chi connectivity index (χ4v) is 1.22. The Hall–Kier alpha value is -1.11. The molecular weight excluding hydrogens is 172 g/mol. The van der Waals surface area contributed by atoms with Gasteiger partial charge in [0.15, 0.2) is 0 Å². The van der Waals surface area contributed by atoms with E-state index < -0.39 is 0 Å². The first-order valence-electron chi connectivity index (χ1n) is 5.28. The number of rotatable bonds is 4. The largest absolute Gasteiger partial charge is 0.304 e. The third-order valence-electron chi connectivity index (χ3n) is 1.91. The number of carbonyl (C=O) groups excluding carboxylic acids is 1. The zero-order valence-corrected chi connectivity index (χ0v) is 9.20. The molecule has 0 aliphatic rings. The van der Waals surface area contributed by atoms with Crippen molar-refractivity contribution < 1.29 is 4.79 Å². The van der Waals surface area contributed by atoms with Gasteiger partial charge in [0.25, 0.3) is 0 Å². The van der Waals surface area contributed by atoms with Crippen LogP contribution in [0.5, 0.6) is 0 Å². The monoisotopic (exact) mass is 192 g/mol. The smallest absolute Gasteiger partial charge is 0.116 e. The van der Waals surface area contributed by atoms with E-state index in [1.54, 1.807) is 0 Å². The predicted octanol–water partition coefficient (Wildman–Crippen LogP) is 3.62. The van der Waals surface area contributed by atoms with Crippen molar-refractivity contribution in [1.29, 1.82) is 0 Å². The van der Waals surface area contributed by atoms with Gasteiger partial charge >= 0.3 is 0 Å². The fraction of sp³-hybridized carbons (Fsp3) is 0.462. The van der Waals surface area contributed by atoms with Gasteiger partial charge in [-0.1, -0.05) is 50.1 Å². The van der Waals surface area contributed by atoms with E-state index in [-0.39, 0.29) is 0 Å². The van der Waals surface area contributed by atoms with Gasteiger partial charge in [-0.3, -0.25) is 0 Å². The molecule has 1 rings (SSSR count). The van der Waals surface area contributed by atoms with Gasteiger partial charge in [0, 0.05) is 0 Å². The molecule has 0 N–H and O–H groups in total. The third kappa shape index (κ3) is 7.53. The molecule has 0 spiro atoms. The van der Waals surface area contributed by atoms with E-state index in [0.29, 0.717) is 0 Å². The van der Waals surface area contributed by atoms with Gasteiger partial charge in [-0.15, -0.1) is 0 Å². The summed E-state index contributed by atoms with van der Waals surface area (Å²) >= 11 is 0. The molecule has 0 saturated carbocycles. The van der Waals surface area contributed by atoms with Crippen LogP contribution in [-0.4, -0.2) is 6.29 Å². The van der Waals surface area contributed by atoms with Gasteiger partial charge in [-0.2, -0.15) is 0 Å². The summed E-state index contributed by atoms with van der Waals surface area (Å²) in [5.41, 5.74) is 1.47. The third-order valence-corrected chi connectivity index (χ3v) is 1.91. The molecule has 0 aliphatic carbocycles. The Balaban J connectivity index is 0.000000500. The van der Waals surface area contributed by atoms with Crippen molar-refractivity contribution in [2.24, 2.45) is 0 Å². The zero-order chi connectivity index (χ0) is 10.6. The molecule has 0 atom stereocenters. The van der Waals surface area contributed by atoms with Crippen molar-refractivity contribution in [3.05, 3.63) is 35.9 Å². The average Bonchev–Trinajstić information content (AvgIpc) is 2.21. The van der Waals surface area contributed by atoms with Gasteiger partial charge in [0.2, 0.25) is 0 Å². The van der Waals surface area contributed by atoms with E-state index in [9.17, 15) is 0 Å². The Bertz CT molecular complexity index is 216. The second kappa shape index (κ2) is 9.97. The number of carbonyl (C=O) groups is 1. The maximum Gasteiger partial charge on any atom is 0.116 e. The maximum atomic E-state index is 8.81. The molecule has 0 aromatic heterocycles. The first-order valence-corrected chi connectivity index (χ1v) is 5.28. The zero-order valence-electron chi connectivity index (χ0n) is 9.20. The van der Waals surface area contributed by atoms with Gasteiger partial charge in [0.05, 0.1) is 0 Å². The molecule has 0 heterocycles. The molecule has 1 aromatic carbocycles. The second-order valence-corrected chi connectivity index (χ2v) is 3.18. The molecule has 0 aliphatic heterocycles. The Kier molecular flexibility index (Phi) is 9.18. The Morgan fingerprint density at radius 3 is 2.21 bits per heavy atom. The Labute approximate surface area is 87.2 Å². The van der Waals surface area contributed by atoms with Crippen molar-refractivity contribution in [1.82, 2.24) is 0 Å². The summed E-state index contributed by atoms with van der Waals surface area (Å²) in [5, 5.41) is 0. The van der Waals surface area contributed by atoms with Crippen LogP contribution in [0.3, 0.4) is 0 Å². The van der Waals surface area contributed by atoms with Crippen LogP contribution in [0.4, 0.5) is 0 Å². The predicted molar refractivity (Wildman–Crippen MR) is 61.4 cm³/mol. The molecule has 14 heavy (non-hydrogen) atoms. The second-order valence-electron chi connectivity index (χ2n) is 3.18. The summed E-state index contributed by atoms with van der Waals surface area (Å²) in [7, 11) is 0. The highest BCUT2D eigenvalue weighted by molar-refractivity contribution is 5.44. The maximum absolute atomic E-state index is 8.81. The van der Waals surface area contributed by atoms with E-state index in [2.05, 4.69) is 37.3 Å². The van der Waals surface area contributed by atoms with Crippen LogP contribution >= 0.6 is 0 Å². The molecule has 78 valence electrons. The molecule has 0 fully saturated rings. The summed E-state index contributed by atoms with van der Waals surface area (Å²) in [6, 6.07) is 10.7. The minimum atomic E-state index is 0.750. The quantitative estimate of drug-likeness (QED) is 0.526. The average molecular weight is 192 g/mol. The lowest BCUT2D eigenvalue weighted by Crippen LogP contribution is -1.83. The topological polar surface area (TPSA) is 17.1 Å².